The fourth-order valence-electron chi connectivity index (χ4n) is 2.83. The van der Waals surface area contributed by atoms with Crippen LogP contribution in [-0.4, -0.2) is 45.0 Å². The Morgan fingerprint density at radius 3 is 2.50 bits per heavy atom. The van der Waals surface area contributed by atoms with E-state index < -0.39 is 0 Å². The van der Waals surface area contributed by atoms with Gasteiger partial charge in [0.1, 0.15) is 17.2 Å². The second-order valence-electron chi connectivity index (χ2n) is 5.76. The van der Waals surface area contributed by atoms with Crippen molar-refractivity contribution in [1.29, 1.82) is 0 Å². The summed E-state index contributed by atoms with van der Waals surface area (Å²) in [7, 11) is 4.86. The Morgan fingerprint density at radius 1 is 1.12 bits per heavy atom. The predicted molar refractivity (Wildman–Crippen MR) is 103 cm³/mol. The Hall–Kier alpha value is -2.51. The highest BCUT2D eigenvalue weighted by atomic mass is 32.1. The summed E-state index contributed by atoms with van der Waals surface area (Å²) in [6.07, 6.45) is 0. The van der Waals surface area contributed by atoms with Crippen LogP contribution in [0.4, 0.5) is 0 Å². The number of nitrogens with one attached hydrogen (secondary N) is 1. The summed E-state index contributed by atoms with van der Waals surface area (Å²) < 4.78 is 18.8. The average Bonchev–Trinajstić information content (AvgIpc) is 3.24. The summed E-state index contributed by atoms with van der Waals surface area (Å²) in [5, 5.41) is 4.92. The number of thiophene rings is 1. The molecule has 6 nitrogen and oxygen atoms in total. The van der Waals surface area contributed by atoms with Crippen LogP contribution in [0.5, 0.6) is 11.5 Å². The van der Waals surface area contributed by atoms with Gasteiger partial charge < -0.3 is 24.1 Å². The van der Waals surface area contributed by atoms with Crippen molar-refractivity contribution in [2.24, 2.45) is 0 Å². The van der Waals surface area contributed by atoms with Gasteiger partial charge in [0, 0.05) is 26.3 Å². The van der Waals surface area contributed by atoms with E-state index in [4.69, 9.17) is 14.2 Å². The van der Waals surface area contributed by atoms with Crippen molar-refractivity contribution in [1.82, 2.24) is 9.88 Å². The van der Waals surface area contributed by atoms with E-state index in [-0.39, 0.29) is 5.91 Å². The van der Waals surface area contributed by atoms with Gasteiger partial charge in [0.05, 0.1) is 31.0 Å². The Bertz CT molecular complexity index is 878. The van der Waals surface area contributed by atoms with E-state index in [2.05, 4.69) is 5.32 Å². The lowest BCUT2D eigenvalue weighted by atomic mass is 10.2. The number of methoxy groups -OCH3 is 3. The van der Waals surface area contributed by atoms with E-state index in [1.807, 2.05) is 40.3 Å². The van der Waals surface area contributed by atoms with Gasteiger partial charge in [-0.05, 0) is 35.2 Å². The molecule has 26 heavy (non-hydrogen) atoms. The van der Waals surface area contributed by atoms with Crippen molar-refractivity contribution in [3.8, 4) is 11.5 Å². The molecule has 0 saturated heterocycles. The quantitative estimate of drug-likeness (QED) is 0.616. The molecule has 0 aliphatic carbocycles. The summed E-state index contributed by atoms with van der Waals surface area (Å²) in [5.41, 5.74) is 2.66. The van der Waals surface area contributed by atoms with Crippen molar-refractivity contribution in [2.45, 2.75) is 6.54 Å². The monoisotopic (exact) mass is 374 g/mol. The van der Waals surface area contributed by atoms with Crippen molar-refractivity contribution >= 4 is 27.5 Å². The average molecular weight is 374 g/mol. The van der Waals surface area contributed by atoms with Gasteiger partial charge in [0.2, 0.25) is 0 Å². The maximum absolute atomic E-state index is 12.6. The molecule has 1 aromatic carbocycles. The third kappa shape index (κ3) is 3.84. The number of fused-ring (bicyclic) bond motifs is 1. The third-order valence-corrected chi connectivity index (χ3v) is 4.95. The number of nitrogens with zero attached hydrogens (tertiary/aromatic N) is 1. The molecule has 0 saturated carbocycles. The SMILES string of the molecule is COCCNC(=O)c1cc2sccc2n1Cc1cc(OC)cc(OC)c1. The first kappa shape index (κ1) is 18.3. The maximum Gasteiger partial charge on any atom is 0.268 e. The number of hydrogen-bond acceptors (Lipinski definition) is 5. The molecule has 0 aliphatic heterocycles. The summed E-state index contributed by atoms with van der Waals surface area (Å²) in [6.45, 7) is 1.50. The van der Waals surface area contributed by atoms with Crippen LogP contribution in [0.3, 0.4) is 0 Å². The lowest BCUT2D eigenvalue weighted by molar-refractivity contribution is 0.0929. The number of carbonyl (C=O) groups is 1. The van der Waals surface area contributed by atoms with Crippen LogP contribution in [0.25, 0.3) is 10.2 Å². The molecule has 1 N–H and O–H groups in total. The number of benzene rings is 1. The molecule has 0 fully saturated rings. The summed E-state index contributed by atoms with van der Waals surface area (Å²) in [4.78, 5) is 12.6. The lowest BCUT2D eigenvalue weighted by Gasteiger charge is -2.13. The highest BCUT2D eigenvalue weighted by Crippen LogP contribution is 2.28. The van der Waals surface area contributed by atoms with Gasteiger partial charge in [-0.25, -0.2) is 0 Å². The Labute approximate surface area is 156 Å². The zero-order valence-electron chi connectivity index (χ0n) is 15.1. The fourth-order valence-corrected chi connectivity index (χ4v) is 3.66. The number of rotatable bonds is 8. The largest absolute Gasteiger partial charge is 0.497 e. The first-order chi connectivity index (χ1) is 12.7. The van der Waals surface area contributed by atoms with Gasteiger partial charge in [0.15, 0.2) is 0 Å². The van der Waals surface area contributed by atoms with Crippen LogP contribution in [-0.2, 0) is 11.3 Å². The van der Waals surface area contributed by atoms with Crippen molar-refractivity contribution in [2.75, 3.05) is 34.5 Å². The number of amides is 1. The number of ether oxygens (including phenoxy) is 3. The lowest BCUT2D eigenvalue weighted by Crippen LogP contribution is -2.29. The van der Waals surface area contributed by atoms with Gasteiger partial charge >= 0.3 is 0 Å². The van der Waals surface area contributed by atoms with E-state index in [9.17, 15) is 4.79 Å². The van der Waals surface area contributed by atoms with Gasteiger partial charge in [-0.15, -0.1) is 11.3 Å². The number of aromatic nitrogens is 1. The van der Waals surface area contributed by atoms with Crippen molar-refractivity contribution in [3.63, 3.8) is 0 Å². The Morgan fingerprint density at radius 2 is 1.85 bits per heavy atom. The van der Waals surface area contributed by atoms with Crippen molar-refractivity contribution in [3.05, 3.63) is 47.0 Å². The minimum atomic E-state index is -0.111. The van der Waals surface area contributed by atoms with Gasteiger partial charge in [-0.1, -0.05) is 0 Å². The highest BCUT2D eigenvalue weighted by molar-refractivity contribution is 7.17. The molecular formula is C19H22N2O4S. The molecule has 0 atom stereocenters. The zero-order chi connectivity index (χ0) is 18.5. The molecule has 2 heterocycles. The topological polar surface area (TPSA) is 61.7 Å². The van der Waals surface area contributed by atoms with E-state index in [0.29, 0.717) is 25.4 Å². The minimum absolute atomic E-state index is 0.111. The normalized spacial score (nSPS) is 10.9. The van der Waals surface area contributed by atoms with E-state index in [0.717, 1.165) is 27.3 Å². The Kier molecular flexibility index (Phi) is 5.80. The summed E-state index contributed by atoms with van der Waals surface area (Å²) in [6, 6.07) is 9.70. The number of hydrogen-bond donors (Lipinski definition) is 1. The van der Waals surface area contributed by atoms with E-state index in [1.165, 1.54) is 0 Å². The standard InChI is InChI=1S/C19H22N2O4S/c1-23-6-5-20-19(22)17-11-18-16(4-7-26-18)21(17)12-13-8-14(24-2)10-15(9-13)25-3/h4,7-11H,5-6,12H2,1-3H3,(H,20,22). The van der Waals surface area contributed by atoms with Crippen LogP contribution in [0.15, 0.2) is 35.7 Å². The van der Waals surface area contributed by atoms with Gasteiger partial charge in [0.25, 0.3) is 5.91 Å². The first-order valence-electron chi connectivity index (χ1n) is 8.22. The van der Waals surface area contributed by atoms with Crippen molar-refractivity contribution < 1.29 is 19.0 Å². The van der Waals surface area contributed by atoms with E-state index in [1.54, 1.807) is 32.7 Å². The molecule has 0 radical (unpaired) electrons. The van der Waals surface area contributed by atoms with Gasteiger partial charge in [-0.2, -0.15) is 0 Å². The molecule has 0 spiro atoms. The molecule has 0 unspecified atom stereocenters. The summed E-state index contributed by atoms with van der Waals surface area (Å²) >= 11 is 1.62. The molecule has 0 bridgehead atoms. The van der Waals surface area contributed by atoms with Gasteiger partial charge in [-0.3, -0.25) is 4.79 Å². The molecule has 3 aromatic rings. The van der Waals surface area contributed by atoms with Crippen LogP contribution in [0, 0.1) is 0 Å². The second-order valence-corrected chi connectivity index (χ2v) is 6.70. The molecule has 2 aromatic heterocycles. The molecule has 7 heteroatoms. The zero-order valence-corrected chi connectivity index (χ0v) is 15.9. The molecule has 3 rings (SSSR count). The molecular weight excluding hydrogens is 352 g/mol. The smallest absolute Gasteiger partial charge is 0.268 e. The highest BCUT2D eigenvalue weighted by Gasteiger charge is 2.17. The van der Waals surface area contributed by atoms with Crippen LogP contribution in [0.1, 0.15) is 16.1 Å². The predicted octanol–water partition coefficient (Wildman–Crippen LogP) is 3.14. The third-order valence-electron chi connectivity index (χ3n) is 4.10. The Balaban J connectivity index is 1.95. The maximum atomic E-state index is 12.6. The van der Waals surface area contributed by atoms with E-state index >= 15 is 0 Å². The second kappa shape index (κ2) is 8.25. The summed E-state index contributed by atoms with van der Waals surface area (Å²) in [5.74, 6) is 1.33. The molecule has 138 valence electrons. The molecule has 0 aliphatic rings. The number of carbonyl (C=O) groups excluding carboxylic acids is 1. The van der Waals surface area contributed by atoms with Crippen LogP contribution in [0.2, 0.25) is 0 Å². The first-order valence-corrected chi connectivity index (χ1v) is 9.10. The molecule has 1 amide bonds. The minimum Gasteiger partial charge on any atom is -0.497 e. The van der Waals surface area contributed by atoms with Crippen LogP contribution < -0.4 is 14.8 Å². The van der Waals surface area contributed by atoms with Crippen LogP contribution >= 0.6 is 11.3 Å². The fraction of sp³-hybridized carbons (Fsp3) is 0.316.